The quantitative estimate of drug-likeness (QED) is 0.825. The van der Waals surface area contributed by atoms with Crippen LogP contribution in [0.5, 0.6) is 5.88 Å². The van der Waals surface area contributed by atoms with Gasteiger partial charge in [-0.15, -0.1) is 0 Å². The zero-order valence-corrected chi connectivity index (χ0v) is 10.2. The Bertz CT molecular complexity index is 781. The van der Waals surface area contributed by atoms with Crippen LogP contribution in [-0.2, 0) is 6.42 Å². The van der Waals surface area contributed by atoms with Crippen molar-refractivity contribution in [3.05, 3.63) is 56.2 Å². The third-order valence-electron chi connectivity index (χ3n) is 2.80. The monoisotopic (exact) mass is 257 g/mol. The van der Waals surface area contributed by atoms with Crippen molar-refractivity contribution in [3.63, 3.8) is 0 Å². The van der Waals surface area contributed by atoms with Gasteiger partial charge in [0.2, 0.25) is 5.88 Å². The fraction of sp³-hybridized carbons (Fsp3) is 0.154. The number of para-hydroxylation sites is 1. The third-order valence-corrected chi connectivity index (χ3v) is 2.80. The third kappa shape index (κ3) is 2.02. The van der Waals surface area contributed by atoms with Crippen LogP contribution in [-0.4, -0.2) is 14.7 Å². The van der Waals surface area contributed by atoms with Crippen LogP contribution in [0, 0.1) is 11.3 Å². The van der Waals surface area contributed by atoms with Crippen molar-refractivity contribution in [3.8, 4) is 17.6 Å². The highest BCUT2D eigenvalue weighted by atomic mass is 16.3. The summed E-state index contributed by atoms with van der Waals surface area (Å²) in [4.78, 5) is 25.5. The number of benzene rings is 1. The van der Waals surface area contributed by atoms with Gasteiger partial charge in [0, 0.05) is 0 Å². The van der Waals surface area contributed by atoms with E-state index in [1.165, 1.54) is 12.1 Å². The van der Waals surface area contributed by atoms with E-state index in [4.69, 9.17) is 5.26 Å². The average molecular weight is 257 g/mol. The number of nitrogens with one attached hydrogen (secondary N) is 1. The Hall–Kier alpha value is -2.81. The largest absolute Gasteiger partial charge is 0.494 e. The molecular formula is C13H11N3O3. The Morgan fingerprint density at radius 3 is 2.68 bits per heavy atom. The molecular weight excluding hydrogens is 246 g/mol. The summed E-state index contributed by atoms with van der Waals surface area (Å²) in [7, 11) is 0. The van der Waals surface area contributed by atoms with E-state index < -0.39 is 17.1 Å². The Balaban J connectivity index is 2.88. The van der Waals surface area contributed by atoms with Crippen LogP contribution >= 0.6 is 0 Å². The van der Waals surface area contributed by atoms with E-state index in [9.17, 15) is 14.7 Å². The van der Waals surface area contributed by atoms with Gasteiger partial charge in [0.25, 0.3) is 5.56 Å². The Morgan fingerprint density at radius 1 is 1.37 bits per heavy atom. The first-order valence-corrected chi connectivity index (χ1v) is 5.66. The van der Waals surface area contributed by atoms with E-state index in [1.54, 1.807) is 19.1 Å². The van der Waals surface area contributed by atoms with Crippen molar-refractivity contribution < 1.29 is 5.11 Å². The average Bonchev–Trinajstić information content (AvgIpc) is 2.39. The summed E-state index contributed by atoms with van der Waals surface area (Å²) in [5.41, 5.74) is -0.821. The SMILES string of the molecule is CCc1c(O)n(-c2ccccc2C#N)c(=O)[nH]c1=O. The van der Waals surface area contributed by atoms with E-state index in [1.807, 2.05) is 6.07 Å². The summed E-state index contributed by atoms with van der Waals surface area (Å²) in [5, 5.41) is 19.1. The molecule has 0 aliphatic carbocycles. The molecule has 0 atom stereocenters. The molecule has 2 N–H and O–H groups in total. The van der Waals surface area contributed by atoms with Crippen molar-refractivity contribution >= 4 is 0 Å². The maximum atomic E-state index is 11.8. The normalized spacial score (nSPS) is 10.1. The molecule has 96 valence electrons. The molecule has 0 spiro atoms. The predicted molar refractivity (Wildman–Crippen MR) is 68.4 cm³/mol. The lowest BCUT2D eigenvalue weighted by molar-refractivity contribution is 0.423. The number of hydrogen-bond donors (Lipinski definition) is 2. The molecule has 0 radical (unpaired) electrons. The summed E-state index contributed by atoms with van der Waals surface area (Å²) in [5.74, 6) is -0.432. The van der Waals surface area contributed by atoms with E-state index in [2.05, 4.69) is 4.98 Å². The number of aromatic amines is 1. The van der Waals surface area contributed by atoms with E-state index in [-0.39, 0.29) is 23.2 Å². The highest BCUT2D eigenvalue weighted by molar-refractivity contribution is 5.50. The molecule has 1 heterocycles. The van der Waals surface area contributed by atoms with Crippen LogP contribution in [0.2, 0.25) is 0 Å². The molecule has 1 aromatic heterocycles. The van der Waals surface area contributed by atoms with E-state index >= 15 is 0 Å². The van der Waals surface area contributed by atoms with Gasteiger partial charge in [-0.1, -0.05) is 19.1 Å². The molecule has 0 bridgehead atoms. The van der Waals surface area contributed by atoms with Gasteiger partial charge in [-0.25, -0.2) is 9.36 Å². The zero-order valence-electron chi connectivity index (χ0n) is 10.2. The van der Waals surface area contributed by atoms with Gasteiger partial charge in [0.15, 0.2) is 0 Å². The molecule has 0 aliphatic heterocycles. The van der Waals surface area contributed by atoms with Gasteiger partial charge in [-0.05, 0) is 18.6 Å². The molecule has 1 aromatic carbocycles. The van der Waals surface area contributed by atoms with E-state index in [0.29, 0.717) is 0 Å². The molecule has 0 fully saturated rings. The van der Waals surface area contributed by atoms with Gasteiger partial charge < -0.3 is 5.11 Å². The fourth-order valence-electron chi connectivity index (χ4n) is 1.87. The first-order chi connectivity index (χ1) is 9.10. The zero-order chi connectivity index (χ0) is 14.0. The Morgan fingerprint density at radius 2 is 2.05 bits per heavy atom. The van der Waals surface area contributed by atoms with Gasteiger partial charge in [-0.3, -0.25) is 9.78 Å². The van der Waals surface area contributed by atoms with Gasteiger partial charge in [0.05, 0.1) is 16.8 Å². The summed E-state index contributed by atoms with van der Waals surface area (Å²) in [6.45, 7) is 1.69. The molecule has 0 saturated carbocycles. The summed E-state index contributed by atoms with van der Waals surface area (Å²) in [6.07, 6.45) is 0.274. The number of aromatic nitrogens is 2. The van der Waals surface area contributed by atoms with Crippen molar-refractivity contribution in [2.24, 2.45) is 0 Å². The molecule has 0 aliphatic rings. The van der Waals surface area contributed by atoms with Crippen molar-refractivity contribution in [2.75, 3.05) is 0 Å². The first-order valence-electron chi connectivity index (χ1n) is 5.66. The standard InChI is InChI=1S/C13H11N3O3/c1-2-9-11(17)15-13(19)16(12(9)18)10-6-4-3-5-8(10)7-14/h3-6,18H,2H2,1H3,(H,15,17,19). The maximum absolute atomic E-state index is 11.8. The molecule has 2 rings (SSSR count). The second-order valence-electron chi connectivity index (χ2n) is 3.88. The number of hydrogen-bond acceptors (Lipinski definition) is 4. The second kappa shape index (κ2) is 4.82. The van der Waals surface area contributed by atoms with Crippen molar-refractivity contribution in [1.82, 2.24) is 9.55 Å². The minimum absolute atomic E-state index is 0.104. The van der Waals surface area contributed by atoms with Crippen LogP contribution in [0.3, 0.4) is 0 Å². The van der Waals surface area contributed by atoms with Gasteiger partial charge in [0.1, 0.15) is 6.07 Å². The first kappa shape index (κ1) is 12.6. The van der Waals surface area contributed by atoms with Crippen LogP contribution in [0.25, 0.3) is 5.69 Å². The van der Waals surface area contributed by atoms with Crippen LogP contribution in [0.4, 0.5) is 0 Å². The number of rotatable bonds is 2. The van der Waals surface area contributed by atoms with Crippen molar-refractivity contribution in [1.29, 1.82) is 5.26 Å². The molecule has 0 amide bonds. The molecule has 6 heteroatoms. The Labute approximate surface area is 108 Å². The van der Waals surface area contributed by atoms with Crippen LogP contribution in [0.1, 0.15) is 18.1 Å². The minimum Gasteiger partial charge on any atom is -0.494 e. The number of nitriles is 1. The lowest BCUT2D eigenvalue weighted by Gasteiger charge is -2.11. The summed E-state index contributed by atoms with van der Waals surface area (Å²) >= 11 is 0. The topological polar surface area (TPSA) is 98.9 Å². The van der Waals surface area contributed by atoms with Crippen molar-refractivity contribution in [2.45, 2.75) is 13.3 Å². The van der Waals surface area contributed by atoms with Crippen LogP contribution in [0.15, 0.2) is 33.9 Å². The number of H-pyrrole nitrogens is 1. The van der Waals surface area contributed by atoms with Crippen LogP contribution < -0.4 is 11.2 Å². The molecule has 19 heavy (non-hydrogen) atoms. The number of aromatic hydroxyl groups is 1. The highest BCUT2D eigenvalue weighted by Crippen LogP contribution is 2.19. The molecule has 2 aromatic rings. The maximum Gasteiger partial charge on any atom is 0.335 e. The second-order valence-corrected chi connectivity index (χ2v) is 3.88. The summed E-state index contributed by atoms with van der Waals surface area (Å²) < 4.78 is 0.929. The molecule has 0 saturated heterocycles. The number of nitrogens with zero attached hydrogens (tertiary/aromatic N) is 2. The van der Waals surface area contributed by atoms with Gasteiger partial charge >= 0.3 is 5.69 Å². The molecule has 0 unspecified atom stereocenters. The minimum atomic E-state index is -0.776. The Kier molecular flexibility index (Phi) is 3.21. The lowest BCUT2D eigenvalue weighted by Crippen LogP contribution is -2.31. The fourth-order valence-corrected chi connectivity index (χ4v) is 1.87. The van der Waals surface area contributed by atoms with Gasteiger partial charge in [-0.2, -0.15) is 5.26 Å². The summed E-state index contributed by atoms with van der Waals surface area (Å²) in [6, 6.07) is 8.28. The lowest BCUT2D eigenvalue weighted by atomic mass is 10.2. The van der Waals surface area contributed by atoms with E-state index in [0.717, 1.165) is 4.57 Å². The molecule has 6 nitrogen and oxygen atoms in total. The smallest absolute Gasteiger partial charge is 0.335 e. The highest BCUT2D eigenvalue weighted by Gasteiger charge is 2.15. The predicted octanol–water partition coefficient (Wildman–Crippen LogP) is 0.665.